The van der Waals surface area contributed by atoms with E-state index in [-0.39, 0.29) is 5.41 Å². The normalized spacial score (nSPS) is 13.2. The van der Waals surface area contributed by atoms with E-state index in [1.807, 2.05) is 18.2 Å². The predicted octanol–water partition coefficient (Wildman–Crippen LogP) is 15.1. The Morgan fingerprint density at radius 3 is 1.73 bits per heavy atom. The van der Waals surface area contributed by atoms with E-state index in [9.17, 15) is 0 Å². The van der Waals surface area contributed by atoms with Crippen molar-refractivity contribution in [3.63, 3.8) is 0 Å². The molecule has 0 radical (unpaired) electrons. The second kappa shape index (κ2) is 13.2. The molecule has 2 aromatic heterocycles. The first-order chi connectivity index (χ1) is 29.5. The zero-order chi connectivity index (χ0) is 40.0. The van der Waals surface area contributed by atoms with Gasteiger partial charge in [0.2, 0.25) is 0 Å². The van der Waals surface area contributed by atoms with Crippen LogP contribution in [0.4, 0.5) is 0 Å². The highest BCUT2D eigenvalue weighted by molar-refractivity contribution is 6.09. The minimum atomic E-state index is -0.136. The molecule has 8 aromatic carbocycles. The largest absolute Gasteiger partial charge is 0.449 e. The van der Waals surface area contributed by atoms with Crippen LogP contribution in [0.15, 0.2) is 194 Å². The molecule has 0 fully saturated rings. The minimum Gasteiger partial charge on any atom is -0.449 e. The van der Waals surface area contributed by atoms with Crippen LogP contribution >= 0.6 is 0 Å². The zero-order valence-electron chi connectivity index (χ0n) is 33.2. The lowest BCUT2D eigenvalue weighted by Gasteiger charge is -2.26. The molecule has 0 spiro atoms. The topological polar surface area (TPSA) is 36.3 Å². The summed E-state index contributed by atoms with van der Waals surface area (Å²) in [6, 6.07) is 68.7. The first kappa shape index (κ1) is 34.4. The average molecular weight is 771 g/mol. The van der Waals surface area contributed by atoms with Gasteiger partial charge in [-0.25, -0.2) is 4.98 Å². The van der Waals surface area contributed by atoms with E-state index in [4.69, 9.17) is 14.5 Å². The molecule has 0 saturated heterocycles. The molecule has 0 bridgehead atoms. The van der Waals surface area contributed by atoms with Gasteiger partial charge < -0.3 is 14.0 Å². The van der Waals surface area contributed by atoms with Crippen LogP contribution in [0.3, 0.4) is 0 Å². The van der Waals surface area contributed by atoms with E-state index >= 15 is 0 Å². The minimum absolute atomic E-state index is 0.136. The molecule has 1 aliphatic heterocycles. The Bertz CT molecular complexity index is 3270. The van der Waals surface area contributed by atoms with Gasteiger partial charge in [0.05, 0.1) is 22.4 Å². The van der Waals surface area contributed by atoms with Crippen molar-refractivity contribution < 1.29 is 9.47 Å². The Labute approximate surface area is 348 Å². The number of pyridine rings is 1. The van der Waals surface area contributed by atoms with E-state index in [2.05, 4.69) is 194 Å². The highest BCUT2D eigenvalue weighted by atomic mass is 16.6. The summed E-state index contributed by atoms with van der Waals surface area (Å²) in [4.78, 5) is 5.24. The lowest BCUT2D eigenvalue weighted by Crippen LogP contribution is -2.15. The molecule has 4 nitrogen and oxygen atoms in total. The van der Waals surface area contributed by atoms with E-state index in [1.54, 1.807) is 0 Å². The second-order valence-corrected chi connectivity index (χ2v) is 16.3. The van der Waals surface area contributed by atoms with Crippen LogP contribution in [0.5, 0.6) is 23.0 Å². The first-order valence-corrected chi connectivity index (χ1v) is 20.5. The van der Waals surface area contributed by atoms with Crippen molar-refractivity contribution in [2.24, 2.45) is 0 Å². The Balaban J connectivity index is 0.911. The fourth-order valence-electron chi connectivity index (χ4n) is 9.50. The summed E-state index contributed by atoms with van der Waals surface area (Å²) in [7, 11) is 0. The van der Waals surface area contributed by atoms with Gasteiger partial charge in [0.1, 0.15) is 0 Å². The van der Waals surface area contributed by atoms with Gasteiger partial charge in [-0.3, -0.25) is 0 Å². The van der Waals surface area contributed by atoms with Gasteiger partial charge in [-0.15, -0.1) is 0 Å². The summed E-state index contributed by atoms with van der Waals surface area (Å²) >= 11 is 0. The quantitative estimate of drug-likeness (QED) is 0.175. The van der Waals surface area contributed by atoms with Gasteiger partial charge in [-0.1, -0.05) is 159 Å². The van der Waals surface area contributed by atoms with Crippen LogP contribution < -0.4 is 9.47 Å². The molecule has 0 amide bonds. The van der Waals surface area contributed by atoms with E-state index < -0.39 is 0 Å². The number of hydrogen-bond acceptors (Lipinski definition) is 3. The van der Waals surface area contributed by atoms with Crippen LogP contribution in [0.1, 0.15) is 25.0 Å². The molecule has 12 rings (SSSR count). The Morgan fingerprint density at radius 1 is 0.417 bits per heavy atom. The van der Waals surface area contributed by atoms with Gasteiger partial charge >= 0.3 is 0 Å². The Hall–Kier alpha value is -7.69. The molecule has 2 aliphatic rings. The Morgan fingerprint density at radius 2 is 1.00 bits per heavy atom. The van der Waals surface area contributed by atoms with Gasteiger partial charge in [-0.05, 0) is 81.9 Å². The number of nitrogens with zero attached hydrogens (tertiary/aromatic N) is 2. The van der Waals surface area contributed by atoms with Crippen LogP contribution in [-0.4, -0.2) is 9.55 Å². The van der Waals surface area contributed by atoms with Crippen LogP contribution in [0.2, 0.25) is 0 Å². The van der Waals surface area contributed by atoms with Crippen molar-refractivity contribution in [1.82, 2.24) is 9.55 Å². The second-order valence-electron chi connectivity index (χ2n) is 16.3. The van der Waals surface area contributed by atoms with Crippen molar-refractivity contribution in [2.45, 2.75) is 19.3 Å². The number of para-hydroxylation sites is 3. The fourth-order valence-corrected chi connectivity index (χ4v) is 9.50. The molecule has 3 heterocycles. The van der Waals surface area contributed by atoms with Crippen molar-refractivity contribution in [3.8, 4) is 84.6 Å². The highest BCUT2D eigenvalue weighted by Crippen LogP contribution is 2.59. The number of hydrogen-bond donors (Lipinski definition) is 0. The average Bonchev–Trinajstić information content (AvgIpc) is 3.77. The van der Waals surface area contributed by atoms with E-state index in [1.165, 1.54) is 38.5 Å². The van der Waals surface area contributed by atoms with Crippen molar-refractivity contribution in [3.05, 3.63) is 205 Å². The third kappa shape index (κ3) is 5.27. The number of benzene rings is 8. The smallest absolute Gasteiger partial charge is 0.178 e. The van der Waals surface area contributed by atoms with Crippen molar-refractivity contribution in [1.29, 1.82) is 0 Å². The summed E-state index contributed by atoms with van der Waals surface area (Å²) < 4.78 is 15.9. The summed E-state index contributed by atoms with van der Waals surface area (Å²) in [5.41, 5.74) is 16.4. The highest BCUT2D eigenvalue weighted by Gasteiger charge is 2.39. The summed E-state index contributed by atoms with van der Waals surface area (Å²) in [6.45, 7) is 4.57. The standard InChI is InChI=1S/C56H38N2O2/c1-56(2)45-19-9-6-17-44(45)53-46(56)31-32-52-55(53)60-54-41(18-12-22-51(54)59-52)36-23-25-38(26-24-36)48-34-39(33-47(57-48)37-13-4-3-5-14-37)35-27-29-40(30-28-35)58-49-20-10-7-15-42(49)43-16-8-11-21-50(43)58/h3-34H,1-2H3. The maximum atomic E-state index is 6.94. The molecule has 0 saturated carbocycles. The molecule has 0 N–H and O–H groups in total. The maximum absolute atomic E-state index is 6.94. The summed E-state index contributed by atoms with van der Waals surface area (Å²) in [6.07, 6.45) is 0. The Kier molecular flexibility index (Phi) is 7.54. The summed E-state index contributed by atoms with van der Waals surface area (Å²) in [5, 5.41) is 2.51. The van der Waals surface area contributed by atoms with Gasteiger partial charge in [-0.2, -0.15) is 0 Å². The molecule has 4 heteroatoms. The van der Waals surface area contributed by atoms with Gasteiger partial charge in [0, 0.05) is 44.1 Å². The molecular formula is C56H38N2O2. The monoisotopic (exact) mass is 770 g/mol. The van der Waals surface area contributed by atoms with Gasteiger partial charge in [0.25, 0.3) is 0 Å². The van der Waals surface area contributed by atoms with Crippen molar-refractivity contribution >= 4 is 21.8 Å². The number of aromatic nitrogens is 2. The number of rotatable bonds is 5. The molecule has 1 aliphatic carbocycles. The number of fused-ring (bicyclic) bond motifs is 9. The zero-order valence-corrected chi connectivity index (χ0v) is 33.2. The fraction of sp³-hybridized carbons (Fsp3) is 0.0536. The maximum Gasteiger partial charge on any atom is 0.178 e. The predicted molar refractivity (Wildman–Crippen MR) is 244 cm³/mol. The lowest BCUT2D eigenvalue weighted by atomic mass is 9.82. The van der Waals surface area contributed by atoms with E-state index in [0.717, 1.165) is 73.3 Å². The molecule has 10 aromatic rings. The van der Waals surface area contributed by atoms with E-state index in [0.29, 0.717) is 5.75 Å². The lowest BCUT2D eigenvalue weighted by molar-refractivity contribution is 0.361. The molecule has 0 unspecified atom stereocenters. The van der Waals surface area contributed by atoms with Gasteiger partial charge in [0.15, 0.2) is 23.0 Å². The summed E-state index contributed by atoms with van der Waals surface area (Å²) in [5.74, 6) is 2.95. The van der Waals surface area contributed by atoms with Crippen molar-refractivity contribution in [2.75, 3.05) is 0 Å². The third-order valence-corrected chi connectivity index (χ3v) is 12.5. The van der Waals surface area contributed by atoms with Crippen LogP contribution in [0.25, 0.3) is 83.4 Å². The van der Waals surface area contributed by atoms with Crippen LogP contribution in [-0.2, 0) is 5.41 Å². The van der Waals surface area contributed by atoms with Crippen LogP contribution in [0, 0.1) is 0 Å². The first-order valence-electron chi connectivity index (χ1n) is 20.5. The molecule has 0 atom stereocenters. The molecular weight excluding hydrogens is 733 g/mol. The number of ether oxygens (including phenoxy) is 2. The molecule has 60 heavy (non-hydrogen) atoms. The SMILES string of the molecule is CC1(C)c2ccccc2-c2c1ccc1c2Oc2c(cccc2-c2ccc(-c3cc(-c4ccc(-n5c6ccccc6c6ccccc65)cc4)cc(-c4ccccc4)n3)cc2)O1. The molecule has 284 valence electrons. The third-order valence-electron chi connectivity index (χ3n) is 12.5.